The van der Waals surface area contributed by atoms with Crippen molar-refractivity contribution in [1.29, 1.82) is 0 Å². The molecule has 2 aliphatic rings. The molecule has 6 nitrogen and oxygen atoms in total. The summed E-state index contributed by atoms with van der Waals surface area (Å²) >= 11 is 0. The number of nitrogens with one attached hydrogen (secondary N) is 1. The number of hydrogen-bond donors (Lipinski definition) is 1. The van der Waals surface area contributed by atoms with Crippen molar-refractivity contribution < 1.29 is 27.4 Å². The molecule has 1 aromatic heterocycles. The van der Waals surface area contributed by atoms with E-state index in [-0.39, 0.29) is 12.8 Å². The van der Waals surface area contributed by atoms with Gasteiger partial charge in [-0.05, 0) is 31.0 Å². The van der Waals surface area contributed by atoms with Gasteiger partial charge in [-0.1, -0.05) is 0 Å². The van der Waals surface area contributed by atoms with Gasteiger partial charge in [0, 0.05) is 43.5 Å². The maximum absolute atomic E-state index is 12.7. The Morgan fingerprint density at radius 1 is 1.24 bits per heavy atom. The maximum atomic E-state index is 12.7. The molecule has 1 fully saturated rings. The third kappa shape index (κ3) is 4.34. The minimum atomic E-state index is -4.37. The number of alkyl halides is 3. The standard InChI is InChI=1S/C20H22F3N3O3/c1-27-16-8-18-17(28-12-29-18)7-13(16)9-24-15-3-2-6-26(11-15)19-5-4-14(10-25-19)20(21,22)23/h4-5,7-8,10,15,24H,2-3,6,9,11-12H2,1H3/t15-/m0/s1. The molecule has 1 N–H and O–H groups in total. The molecule has 29 heavy (non-hydrogen) atoms. The van der Waals surface area contributed by atoms with Gasteiger partial charge in [-0.2, -0.15) is 13.2 Å². The zero-order valence-corrected chi connectivity index (χ0v) is 16.0. The molecule has 0 radical (unpaired) electrons. The highest BCUT2D eigenvalue weighted by atomic mass is 19.4. The third-order valence-electron chi connectivity index (χ3n) is 5.18. The summed E-state index contributed by atoms with van der Waals surface area (Å²) < 4.78 is 54.5. The Labute approximate surface area is 166 Å². The van der Waals surface area contributed by atoms with E-state index in [2.05, 4.69) is 10.3 Å². The summed E-state index contributed by atoms with van der Waals surface area (Å²) in [5.41, 5.74) is 0.226. The van der Waals surface area contributed by atoms with Crippen LogP contribution in [0.25, 0.3) is 0 Å². The Morgan fingerprint density at radius 2 is 2.03 bits per heavy atom. The van der Waals surface area contributed by atoms with Crippen molar-refractivity contribution in [3.05, 3.63) is 41.6 Å². The lowest BCUT2D eigenvalue weighted by molar-refractivity contribution is -0.137. The minimum absolute atomic E-state index is 0.183. The number of pyridine rings is 1. The van der Waals surface area contributed by atoms with E-state index in [1.165, 1.54) is 6.07 Å². The van der Waals surface area contributed by atoms with E-state index in [0.717, 1.165) is 43.0 Å². The monoisotopic (exact) mass is 409 g/mol. The number of benzene rings is 1. The summed E-state index contributed by atoms with van der Waals surface area (Å²) in [5, 5.41) is 3.51. The molecule has 0 bridgehead atoms. The van der Waals surface area contributed by atoms with Crippen molar-refractivity contribution in [2.75, 3.05) is 31.9 Å². The summed E-state index contributed by atoms with van der Waals surface area (Å²) in [7, 11) is 1.61. The lowest BCUT2D eigenvalue weighted by Crippen LogP contribution is -2.45. The van der Waals surface area contributed by atoms with Gasteiger partial charge in [0.1, 0.15) is 11.6 Å². The molecule has 1 saturated heterocycles. The average molecular weight is 409 g/mol. The van der Waals surface area contributed by atoms with Gasteiger partial charge in [0.25, 0.3) is 0 Å². The van der Waals surface area contributed by atoms with Crippen molar-refractivity contribution in [1.82, 2.24) is 10.3 Å². The van der Waals surface area contributed by atoms with Gasteiger partial charge < -0.3 is 24.4 Å². The number of ether oxygens (including phenoxy) is 3. The van der Waals surface area contributed by atoms with E-state index < -0.39 is 11.7 Å². The first-order valence-electron chi connectivity index (χ1n) is 9.42. The second-order valence-corrected chi connectivity index (χ2v) is 7.09. The van der Waals surface area contributed by atoms with E-state index in [9.17, 15) is 13.2 Å². The Morgan fingerprint density at radius 3 is 2.72 bits per heavy atom. The van der Waals surface area contributed by atoms with Crippen molar-refractivity contribution in [2.45, 2.75) is 31.6 Å². The summed E-state index contributed by atoms with van der Waals surface area (Å²) in [5.74, 6) is 2.65. The number of methoxy groups -OCH3 is 1. The zero-order valence-electron chi connectivity index (χ0n) is 16.0. The Kier molecular flexibility index (Phi) is 5.40. The first kappa shape index (κ1) is 19.6. The highest BCUT2D eigenvalue weighted by Crippen LogP contribution is 2.38. The summed E-state index contributed by atoms with van der Waals surface area (Å²) in [6.45, 7) is 2.22. The van der Waals surface area contributed by atoms with Gasteiger partial charge in [-0.3, -0.25) is 0 Å². The van der Waals surface area contributed by atoms with Crippen LogP contribution < -0.4 is 24.4 Å². The SMILES string of the molecule is COc1cc2c(cc1CN[C@H]1CCCN(c3ccc(C(F)(F)F)cn3)C1)OCO2. The number of hydrogen-bond acceptors (Lipinski definition) is 6. The van der Waals surface area contributed by atoms with Crippen LogP contribution in [0.3, 0.4) is 0 Å². The highest BCUT2D eigenvalue weighted by Gasteiger charge is 2.31. The second-order valence-electron chi connectivity index (χ2n) is 7.09. The fourth-order valence-electron chi connectivity index (χ4n) is 3.64. The Bertz CT molecular complexity index is 859. The first-order chi connectivity index (χ1) is 13.9. The van der Waals surface area contributed by atoms with Crippen LogP contribution in [0, 0.1) is 0 Å². The maximum Gasteiger partial charge on any atom is 0.417 e. The number of fused-ring (bicyclic) bond motifs is 1. The lowest BCUT2D eigenvalue weighted by atomic mass is 10.0. The fraction of sp³-hybridized carbons (Fsp3) is 0.450. The molecule has 4 rings (SSSR count). The van der Waals surface area contributed by atoms with Gasteiger partial charge in [0.2, 0.25) is 6.79 Å². The van der Waals surface area contributed by atoms with E-state index in [1.54, 1.807) is 7.11 Å². The van der Waals surface area contributed by atoms with Crippen LogP contribution in [0.1, 0.15) is 24.0 Å². The molecule has 0 unspecified atom stereocenters. The minimum Gasteiger partial charge on any atom is -0.496 e. The lowest BCUT2D eigenvalue weighted by Gasteiger charge is -2.34. The van der Waals surface area contributed by atoms with Crippen molar-refractivity contribution in [3.8, 4) is 17.2 Å². The molecule has 1 atom stereocenters. The number of halogens is 3. The Balaban J connectivity index is 1.39. The fourth-order valence-corrected chi connectivity index (χ4v) is 3.64. The van der Waals surface area contributed by atoms with Crippen LogP contribution in [-0.2, 0) is 12.7 Å². The smallest absolute Gasteiger partial charge is 0.417 e. The molecule has 0 spiro atoms. The molecule has 156 valence electrons. The average Bonchev–Trinajstić information content (AvgIpc) is 3.18. The zero-order chi connectivity index (χ0) is 20.4. The number of rotatable bonds is 5. The molecular formula is C20H22F3N3O3. The quantitative estimate of drug-likeness (QED) is 0.815. The van der Waals surface area contributed by atoms with Crippen LogP contribution in [-0.4, -0.2) is 38.0 Å². The van der Waals surface area contributed by atoms with Gasteiger partial charge in [0.15, 0.2) is 11.5 Å². The van der Waals surface area contributed by atoms with Crippen LogP contribution in [0.5, 0.6) is 17.2 Å². The van der Waals surface area contributed by atoms with Gasteiger partial charge >= 0.3 is 6.18 Å². The molecular weight excluding hydrogens is 387 g/mol. The molecule has 0 amide bonds. The summed E-state index contributed by atoms with van der Waals surface area (Å²) in [4.78, 5) is 6.03. The predicted octanol–water partition coefficient (Wildman–Crippen LogP) is 3.60. The topological polar surface area (TPSA) is 55.9 Å². The van der Waals surface area contributed by atoms with Crippen LogP contribution in [0.4, 0.5) is 19.0 Å². The molecule has 3 heterocycles. The van der Waals surface area contributed by atoms with Crippen LogP contribution >= 0.6 is 0 Å². The number of aromatic nitrogens is 1. The Hall–Kier alpha value is -2.68. The van der Waals surface area contributed by atoms with Gasteiger partial charge in [-0.25, -0.2) is 4.98 Å². The van der Waals surface area contributed by atoms with Crippen LogP contribution in [0.15, 0.2) is 30.5 Å². The summed E-state index contributed by atoms with van der Waals surface area (Å²) in [6.07, 6.45) is -1.58. The van der Waals surface area contributed by atoms with E-state index in [4.69, 9.17) is 14.2 Å². The predicted molar refractivity (Wildman–Crippen MR) is 100 cm³/mol. The normalized spacial score (nSPS) is 18.8. The molecule has 9 heteroatoms. The van der Waals surface area contributed by atoms with Crippen molar-refractivity contribution in [3.63, 3.8) is 0 Å². The van der Waals surface area contributed by atoms with E-state index >= 15 is 0 Å². The van der Waals surface area contributed by atoms with E-state index in [1.807, 2.05) is 17.0 Å². The van der Waals surface area contributed by atoms with Crippen molar-refractivity contribution in [2.24, 2.45) is 0 Å². The van der Waals surface area contributed by atoms with Gasteiger partial charge in [-0.15, -0.1) is 0 Å². The largest absolute Gasteiger partial charge is 0.496 e. The molecule has 2 aromatic rings. The molecule has 2 aliphatic heterocycles. The summed E-state index contributed by atoms with van der Waals surface area (Å²) in [6, 6.07) is 6.43. The first-order valence-corrected chi connectivity index (χ1v) is 9.42. The number of nitrogens with zero attached hydrogens (tertiary/aromatic N) is 2. The van der Waals surface area contributed by atoms with Crippen molar-refractivity contribution >= 4 is 5.82 Å². The molecule has 0 saturated carbocycles. The number of anilines is 1. The van der Waals surface area contributed by atoms with E-state index in [0.29, 0.717) is 30.4 Å². The highest BCUT2D eigenvalue weighted by molar-refractivity contribution is 5.51. The number of piperidine rings is 1. The molecule has 0 aliphatic carbocycles. The van der Waals surface area contributed by atoms with Crippen LogP contribution in [0.2, 0.25) is 0 Å². The third-order valence-corrected chi connectivity index (χ3v) is 5.18. The second kappa shape index (κ2) is 7.98. The molecule has 1 aromatic carbocycles. The van der Waals surface area contributed by atoms with Gasteiger partial charge in [0.05, 0.1) is 12.7 Å².